The minimum absolute atomic E-state index is 0.425. The van der Waals surface area contributed by atoms with Crippen LogP contribution in [0.5, 0.6) is 0 Å². The van der Waals surface area contributed by atoms with Crippen LogP contribution in [0.1, 0.15) is 18.4 Å². The lowest BCUT2D eigenvalue weighted by Crippen LogP contribution is -2.28. The predicted molar refractivity (Wildman–Crippen MR) is 78.0 cm³/mol. The summed E-state index contributed by atoms with van der Waals surface area (Å²) in [5.74, 6) is 4.68. The summed E-state index contributed by atoms with van der Waals surface area (Å²) in [6.07, 6.45) is 1.56. The van der Waals surface area contributed by atoms with E-state index in [2.05, 4.69) is 39.9 Å². The van der Waals surface area contributed by atoms with E-state index < -0.39 is 12.1 Å². The summed E-state index contributed by atoms with van der Waals surface area (Å²) in [4.78, 5) is 16.0. The molecule has 4 heteroatoms. The molecule has 0 saturated heterocycles. The zero-order chi connectivity index (χ0) is 14.4. The van der Waals surface area contributed by atoms with Crippen molar-refractivity contribution in [3.05, 3.63) is 48.0 Å². The summed E-state index contributed by atoms with van der Waals surface area (Å²) >= 11 is 0. The molecule has 0 aromatic heterocycles. The minimum atomic E-state index is -0.680. The molecule has 1 atom stereocenters. The molecule has 0 amide bonds. The second-order valence-electron chi connectivity index (χ2n) is 4.72. The van der Waals surface area contributed by atoms with Gasteiger partial charge >= 0.3 is 5.97 Å². The zero-order valence-electron chi connectivity index (χ0n) is 11.5. The van der Waals surface area contributed by atoms with E-state index in [0.29, 0.717) is 6.42 Å². The highest BCUT2D eigenvalue weighted by atomic mass is 16.6. The van der Waals surface area contributed by atoms with Gasteiger partial charge in [0, 0.05) is 0 Å². The Kier molecular flexibility index (Phi) is 5.09. The summed E-state index contributed by atoms with van der Waals surface area (Å²) < 4.78 is 4.62. The molecule has 0 fully saturated rings. The lowest BCUT2D eigenvalue weighted by molar-refractivity contribution is -0.154. The third-order valence-electron chi connectivity index (χ3n) is 3.37. The van der Waals surface area contributed by atoms with Crippen LogP contribution in [0.25, 0.3) is 10.8 Å². The summed E-state index contributed by atoms with van der Waals surface area (Å²) in [6.45, 7) is 0. The molecular formula is C16H19NO3. The van der Waals surface area contributed by atoms with Crippen LogP contribution in [0.2, 0.25) is 0 Å². The first-order chi connectivity index (χ1) is 9.74. The molecule has 0 aliphatic heterocycles. The van der Waals surface area contributed by atoms with Crippen molar-refractivity contribution < 1.29 is 14.4 Å². The Labute approximate surface area is 118 Å². The van der Waals surface area contributed by atoms with Gasteiger partial charge in [0.05, 0.1) is 7.11 Å². The third-order valence-corrected chi connectivity index (χ3v) is 3.37. The zero-order valence-corrected chi connectivity index (χ0v) is 11.5. The van der Waals surface area contributed by atoms with Gasteiger partial charge in [0.2, 0.25) is 0 Å². The van der Waals surface area contributed by atoms with Crippen molar-refractivity contribution in [1.29, 1.82) is 0 Å². The van der Waals surface area contributed by atoms with Crippen LogP contribution in [-0.4, -0.2) is 19.2 Å². The maximum Gasteiger partial charge on any atom is 0.337 e. The normalized spacial score (nSPS) is 12.3. The van der Waals surface area contributed by atoms with Crippen molar-refractivity contribution in [2.45, 2.75) is 25.4 Å². The third kappa shape index (κ3) is 3.56. The molecule has 0 aliphatic carbocycles. The van der Waals surface area contributed by atoms with E-state index in [0.717, 1.165) is 12.8 Å². The number of hydrogen-bond acceptors (Lipinski definition) is 4. The second kappa shape index (κ2) is 7.03. The van der Waals surface area contributed by atoms with Gasteiger partial charge in [-0.25, -0.2) is 10.7 Å². The number of ether oxygens (including phenoxy) is 1. The highest BCUT2D eigenvalue weighted by Crippen LogP contribution is 2.17. The van der Waals surface area contributed by atoms with E-state index in [9.17, 15) is 4.79 Å². The smallest absolute Gasteiger partial charge is 0.337 e. The van der Waals surface area contributed by atoms with Crippen molar-refractivity contribution in [3.63, 3.8) is 0 Å². The maximum absolute atomic E-state index is 11.3. The molecule has 0 heterocycles. The summed E-state index contributed by atoms with van der Waals surface area (Å²) in [5.41, 5.74) is 1.24. The Morgan fingerprint density at radius 3 is 2.65 bits per heavy atom. The molecule has 20 heavy (non-hydrogen) atoms. The number of methoxy groups -OCH3 is 1. The van der Waals surface area contributed by atoms with Gasteiger partial charge in [0.1, 0.15) is 0 Å². The molecule has 2 aromatic carbocycles. The van der Waals surface area contributed by atoms with Crippen molar-refractivity contribution >= 4 is 16.7 Å². The van der Waals surface area contributed by atoms with Crippen molar-refractivity contribution in [1.82, 2.24) is 0 Å². The molecule has 0 aliphatic rings. The molecular weight excluding hydrogens is 254 g/mol. The maximum atomic E-state index is 11.3. The Morgan fingerprint density at radius 2 is 1.95 bits per heavy atom. The van der Waals surface area contributed by atoms with Gasteiger partial charge in [0.15, 0.2) is 6.10 Å². The Morgan fingerprint density at radius 1 is 1.20 bits per heavy atom. The Balaban J connectivity index is 1.94. The fourth-order valence-electron chi connectivity index (χ4n) is 2.26. The average molecular weight is 273 g/mol. The van der Waals surface area contributed by atoms with E-state index in [1.165, 1.54) is 23.4 Å². The van der Waals surface area contributed by atoms with Crippen LogP contribution < -0.4 is 5.90 Å². The van der Waals surface area contributed by atoms with Gasteiger partial charge in [-0.15, -0.1) is 0 Å². The van der Waals surface area contributed by atoms with Crippen LogP contribution in [0.4, 0.5) is 0 Å². The fraction of sp³-hybridized carbons (Fsp3) is 0.312. The number of benzene rings is 2. The van der Waals surface area contributed by atoms with Gasteiger partial charge in [-0.05, 0) is 35.6 Å². The first-order valence-corrected chi connectivity index (χ1v) is 6.65. The number of carbonyl (C=O) groups excluding carboxylic acids is 1. The number of hydrogen-bond donors (Lipinski definition) is 1. The highest BCUT2D eigenvalue weighted by molar-refractivity contribution is 5.83. The van der Waals surface area contributed by atoms with Crippen LogP contribution in [0, 0.1) is 0 Å². The lowest BCUT2D eigenvalue weighted by Gasteiger charge is -2.11. The molecule has 2 rings (SSSR count). The van der Waals surface area contributed by atoms with Crippen LogP contribution in [-0.2, 0) is 20.8 Å². The van der Waals surface area contributed by atoms with E-state index >= 15 is 0 Å². The second-order valence-corrected chi connectivity index (χ2v) is 4.72. The Bertz CT molecular complexity index is 583. The quantitative estimate of drug-likeness (QED) is 0.649. The molecule has 2 N–H and O–H groups in total. The SMILES string of the molecule is COC(=O)C(CCCc1ccc2ccccc2c1)ON. The number of esters is 1. The number of aryl methyl sites for hydroxylation is 1. The first kappa shape index (κ1) is 14.5. The van der Waals surface area contributed by atoms with Crippen LogP contribution in [0.3, 0.4) is 0 Å². The molecule has 0 radical (unpaired) electrons. The van der Waals surface area contributed by atoms with Gasteiger partial charge in [-0.3, -0.25) is 4.84 Å². The fourth-order valence-corrected chi connectivity index (χ4v) is 2.26. The summed E-state index contributed by atoms with van der Waals surface area (Å²) in [7, 11) is 1.33. The number of carbonyl (C=O) groups is 1. The Hall–Kier alpha value is -1.91. The molecule has 4 nitrogen and oxygen atoms in total. The monoisotopic (exact) mass is 273 g/mol. The van der Waals surface area contributed by atoms with Crippen molar-refractivity contribution in [2.24, 2.45) is 5.90 Å². The van der Waals surface area contributed by atoms with E-state index in [1.54, 1.807) is 0 Å². The molecule has 2 aromatic rings. The van der Waals surface area contributed by atoms with E-state index in [4.69, 9.17) is 5.90 Å². The van der Waals surface area contributed by atoms with Crippen molar-refractivity contribution in [3.8, 4) is 0 Å². The van der Waals surface area contributed by atoms with Gasteiger partial charge < -0.3 is 4.74 Å². The summed E-state index contributed by atoms with van der Waals surface area (Å²) in [6, 6.07) is 14.6. The standard InChI is InChI=1S/C16H19NO3/c1-19-16(18)15(20-17)8-4-5-12-9-10-13-6-2-3-7-14(13)11-12/h2-3,6-7,9-11,15H,4-5,8,17H2,1H3. The van der Waals surface area contributed by atoms with E-state index in [-0.39, 0.29) is 0 Å². The highest BCUT2D eigenvalue weighted by Gasteiger charge is 2.18. The topological polar surface area (TPSA) is 61.5 Å². The van der Waals surface area contributed by atoms with E-state index in [1.807, 2.05) is 12.1 Å². The molecule has 0 bridgehead atoms. The van der Waals surface area contributed by atoms with Crippen molar-refractivity contribution in [2.75, 3.05) is 7.11 Å². The average Bonchev–Trinajstić information content (AvgIpc) is 2.50. The molecule has 106 valence electrons. The molecule has 1 unspecified atom stereocenters. The van der Waals surface area contributed by atoms with Crippen LogP contribution in [0.15, 0.2) is 42.5 Å². The largest absolute Gasteiger partial charge is 0.467 e. The van der Waals surface area contributed by atoms with Gasteiger partial charge in [-0.2, -0.15) is 0 Å². The summed E-state index contributed by atoms with van der Waals surface area (Å²) in [5, 5.41) is 2.46. The number of fused-ring (bicyclic) bond motifs is 1. The lowest BCUT2D eigenvalue weighted by atomic mass is 10.0. The number of nitrogens with two attached hydrogens (primary N) is 1. The first-order valence-electron chi connectivity index (χ1n) is 6.65. The predicted octanol–water partition coefficient (Wildman–Crippen LogP) is 2.59. The van der Waals surface area contributed by atoms with Crippen LogP contribution >= 0.6 is 0 Å². The van der Waals surface area contributed by atoms with Gasteiger partial charge in [0.25, 0.3) is 0 Å². The molecule has 0 spiro atoms. The minimum Gasteiger partial charge on any atom is -0.467 e. The number of rotatable bonds is 6. The molecule has 0 saturated carbocycles. The van der Waals surface area contributed by atoms with Gasteiger partial charge in [-0.1, -0.05) is 42.5 Å².